The molecule has 0 saturated heterocycles. The van der Waals surface area contributed by atoms with E-state index in [1.807, 2.05) is 13.8 Å². The topological polar surface area (TPSA) is 0 Å². The molecule has 2 atom stereocenters. The summed E-state index contributed by atoms with van der Waals surface area (Å²) in [6.07, 6.45) is 1.14. The third-order valence-electron chi connectivity index (χ3n) is 5.29. The molecule has 0 heteroatoms. The van der Waals surface area contributed by atoms with Crippen molar-refractivity contribution in [1.29, 1.82) is 0 Å². The van der Waals surface area contributed by atoms with Gasteiger partial charge < -0.3 is 0 Å². The summed E-state index contributed by atoms with van der Waals surface area (Å²) in [6, 6.07) is 15.9. The standard InChI is InChI=1S/C21H28.C2H6/c1-7-21(6,19-11-8-15(2)9-12-19)18(5)20-13-10-16(3)14-17(20)4;1-2/h8-14,18H,7H2,1-6H3;1-2H3/t18?,21-;/m0./s1. The molecular formula is C23H34. The molecule has 1 unspecified atom stereocenters. The normalized spacial score (nSPS) is 14.4. The minimum Gasteiger partial charge on any atom is -0.0683 e. The molecule has 0 aliphatic rings. The van der Waals surface area contributed by atoms with Gasteiger partial charge in [-0.3, -0.25) is 0 Å². The number of rotatable bonds is 4. The lowest BCUT2D eigenvalue weighted by molar-refractivity contribution is 0.380. The van der Waals surface area contributed by atoms with Gasteiger partial charge in [-0.2, -0.15) is 0 Å². The van der Waals surface area contributed by atoms with Gasteiger partial charge in [0.2, 0.25) is 0 Å². The Labute approximate surface area is 144 Å². The van der Waals surface area contributed by atoms with Gasteiger partial charge in [0.25, 0.3) is 0 Å². The van der Waals surface area contributed by atoms with Crippen LogP contribution in [0.3, 0.4) is 0 Å². The highest BCUT2D eigenvalue weighted by Gasteiger charge is 2.32. The van der Waals surface area contributed by atoms with Crippen LogP contribution in [0, 0.1) is 20.8 Å². The Morgan fingerprint density at radius 1 is 0.870 bits per heavy atom. The molecule has 0 fully saturated rings. The highest BCUT2D eigenvalue weighted by Crippen LogP contribution is 2.42. The lowest BCUT2D eigenvalue weighted by Crippen LogP contribution is -2.28. The SMILES string of the molecule is CC.CC[C@](C)(c1ccc(C)cc1)C(C)c1ccc(C)cc1C. The van der Waals surface area contributed by atoms with Gasteiger partial charge in [-0.1, -0.05) is 88.2 Å². The zero-order chi connectivity index (χ0) is 17.6. The number of benzene rings is 2. The first-order chi connectivity index (χ1) is 10.9. The maximum atomic E-state index is 2.40. The van der Waals surface area contributed by atoms with Crippen LogP contribution in [0.25, 0.3) is 0 Å². The van der Waals surface area contributed by atoms with Gasteiger partial charge in [0, 0.05) is 0 Å². The summed E-state index contributed by atoms with van der Waals surface area (Å²) in [7, 11) is 0. The van der Waals surface area contributed by atoms with Gasteiger partial charge in [-0.05, 0) is 55.2 Å². The molecule has 2 aromatic rings. The monoisotopic (exact) mass is 310 g/mol. The molecule has 0 nitrogen and oxygen atoms in total. The Morgan fingerprint density at radius 2 is 1.39 bits per heavy atom. The van der Waals surface area contributed by atoms with Crippen molar-refractivity contribution >= 4 is 0 Å². The number of aryl methyl sites for hydroxylation is 3. The highest BCUT2D eigenvalue weighted by atomic mass is 14.4. The molecule has 0 heterocycles. The molecule has 0 saturated carbocycles. The van der Waals surface area contributed by atoms with Crippen molar-refractivity contribution in [2.75, 3.05) is 0 Å². The predicted molar refractivity (Wildman–Crippen MR) is 105 cm³/mol. The molecule has 2 aromatic carbocycles. The summed E-state index contributed by atoms with van der Waals surface area (Å²) in [4.78, 5) is 0. The van der Waals surface area contributed by atoms with Crippen molar-refractivity contribution in [3.05, 3.63) is 70.3 Å². The molecule has 23 heavy (non-hydrogen) atoms. The van der Waals surface area contributed by atoms with Crippen molar-refractivity contribution in [1.82, 2.24) is 0 Å². The van der Waals surface area contributed by atoms with Gasteiger partial charge >= 0.3 is 0 Å². The molecule has 0 aliphatic carbocycles. The number of hydrogen-bond donors (Lipinski definition) is 0. The average molecular weight is 311 g/mol. The lowest BCUT2D eigenvalue weighted by Gasteiger charge is -2.37. The Morgan fingerprint density at radius 3 is 1.87 bits per heavy atom. The second kappa shape index (κ2) is 8.34. The fourth-order valence-corrected chi connectivity index (χ4v) is 3.35. The van der Waals surface area contributed by atoms with Crippen molar-refractivity contribution in [2.24, 2.45) is 0 Å². The second-order valence-electron chi connectivity index (χ2n) is 6.72. The molecule has 0 bridgehead atoms. The summed E-state index contributed by atoms with van der Waals surface area (Å²) in [5.41, 5.74) is 7.18. The highest BCUT2D eigenvalue weighted by molar-refractivity contribution is 5.39. The molecule has 0 radical (unpaired) electrons. The van der Waals surface area contributed by atoms with E-state index in [2.05, 4.69) is 84.0 Å². The van der Waals surface area contributed by atoms with Crippen LogP contribution < -0.4 is 0 Å². The third kappa shape index (κ3) is 4.25. The van der Waals surface area contributed by atoms with Gasteiger partial charge in [-0.25, -0.2) is 0 Å². The minimum absolute atomic E-state index is 0.174. The van der Waals surface area contributed by atoms with Gasteiger partial charge in [0.15, 0.2) is 0 Å². The van der Waals surface area contributed by atoms with Crippen LogP contribution in [0.2, 0.25) is 0 Å². The van der Waals surface area contributed by atoms with Crippen molar-refractivity contribution < 1.29 is 0 Å². The molecule has 0 spiro atoms. The van der Waals surface area contributed by atoms with E-state index >= 15 is 0 Å². The molecule has 2 rings (SSSR count). The first-order valence-electron chi connectivity index (χ1n) is 9.02. The third-order valence-corrected chi connectivity index (χ3v) is 5.29. The largest absolute Gasteiger partial charge is 0.0683 e. The van der Waals surface area contributed by atoms with E-state index in [0.29, 0.717) is 5.92 Å². The van der Waals surface area contributed by atoms with E-state index in [-0.39, 0.29) is 5.41 Å². The van der Waals surface area contributed by atoms with Crippen LogP contribution >= 0.6 is 0 Å². The van der Waals surface area contributed by atoms with Crippen LogP contribution in [0.15, 0.2) is 42.5 Å². The van der Waals surface area contributed by atoms with Gasteiger partial charge in [0.1, 0.15) is 0 Å². The fraction of sp³-hybridized carbons (Fsp3) is 0.478. The first-order valence-corrected chi connectivity index (χ1v) is 9.02. The maximum Gasteiger partial charge on any atom is -0.00118 e. The predicted octanol–water partition coefficient (Wildman–Crippen LogP) is 7.11. The summed E-state index contributed by atoms with van der Waals surface area (Å²) in [5, 5.41) is 0. The first kappa shape index (κ1) is 19.5. The Kier molecular flexibility index (Phi) is 7.06. The van der Waals surface area contributed by atoms with Crippen molar-refractivity contribution in [2.45, 2.75) is 73.1 Å². The van der Waals surface area contributed by atoms with E-state index < -0.39 is 0 Å². The summed E-state index contributed by atoms with van der Waals surface area (Å²) in [6.45, 7) is 17.6. The maximum absolute atomic E-state index is 2.40. The molecule has 126 valence electrons. The van der Waals surface area contributed by atoms with Crippen LogP contribution in [0.4, 0.5) is 0 Å². The van der Waals surface area contributed by atoms with Gasteiger partial charge in [-0.15, -0.1) is 0 Å². The minimum atomic E-state index is 0.174. The summed E-state index contributed by atoms with van der Waals surface area (Å²) < 4.78 is 0. The van der Waals surface area contributed by atoms with Crippen LogP contribution in [-0.4, -0.2) is 0 Å². The zero-order valence-electron chi connectivity index (χ0n) is 16.3. The van der Waals surface area contributed by atoms with Crippen LogP contribution in [0.1, 0.15) is 74.8 Å². The molecule has 0 aromatic heterocycles. The quantitative estimate of drug-likeness (QED) is 0.564. The zero-order valence-corrected chi connectivity index (χ0v) is 16.3. The van der Waals surface area contributed by atoms with Crippen LogP contribution in [-0.2, 0) is 5.41 Å². The van der Waals surface area contributed by atoms with Crippen molar-refractivity contribution in [3.8, 4) is 0 Å². The number of hydrogen-bond acceptors (Lipinski definition) is 0. The van der Waals surface area contributed by atoms with Crippen LogP contribution in [0.5, 0.6) is 0 Å². The smallest absolute Gasteiger partial charge is 0.00118 e. The van der Waals surface area contributed by atoms with E-state index in [4.69, 9.17) is 0 Å². The fourth-order valence-electron chi connectivity index (χ4n) is 3.35. The summed E-state index contributed by atoms with van der Waals surface area (Å²) >= 11 is 0. The summed E-state index contributed by atoms with van der Waals surface area (Å²) in [5.74, 6) is 0.505. The Bertz CT molecular complexity index is 606. The average Bonchev–Trinajstić information content (AvgIpc) is 2.56. The Balaban J connectivity index is 0.00000127. The molecule has 0 aliphatic heterocycles. The molecule has 0 N–H and O–H groups in total. The molecule has 0 amide bonds. The second-order valence-corrected chi connectivity index (χ2v) is 6.72. The Hall–Kier alpha value is -1.56. The van der Waals surface area contributed by atoms with E-state index in [0.717, 1.165) is 6.42 Å². The van der Waals surface area contributed by atoms with Gasteiger partial charge in [0.05, 0.1) is 0 Å². The molecular weight excluding hydrogens is 276 g/mol. The lowest BCUT2D eigenvalue weighted by atomic mass is 9.67. The van der Waals surface area contributed by atoms with E-state index in [1.165, 1.54) is 27.8 Å². The van der Waals surface area contributed by atoms with E-state index in [1.54, 1.807) is 0 Å². The van der Waals surface area contributed by atoms with Crippen molar-refractivity contribution in [3.63, 3.8) is 0 Å². The van der Waals surface area contributed by atoms with E-state index in [9.17, 15) is 0 Å².